The Kier molecular flexibility index (Phi) is 5.71. The van der Waals surface area contributed by atoms with Crippen molar-refractivity contribution >= 4 is 11.8 Å². The largest absolute Gasteiger partial charge is 0.489 e. The molecule has 1 heterocycles. The molecular weight excluding hydrogens is 408 g/mol. The van der Waals surface area contributed by atoms with Gasteiger partial charge in [0.2, 0.25) is 5.72 Å². The minimum absolute atomic E-state index is 0.0694. The van der Waals surface area contributed by atoms with Crippen LogP contribution in [0, 0.1) is 11.7 Å². The number of ether oxygens (including phenoxy) is 1. The van der Waals surface area contributed by atoms with Gasteiger partial charge < -0.3 is 20.5 Å². The van der Waals surface area contributed by atoms with Gasteiger partial charge >= 0.3 is 12.2 Å². The number of Topliss-reactive ketones (excluding diaryl/α,β-unsaturated/α-hetero) is 1. The number of amides is 2. The minimum Gasteiger partial charge on any atom is -0.489 e. The van der Waals surface area contributed by atoms with Gasteiger partial charge in [-0.1, -0.05) is 30.3 Å². The van der Waals surface area contributed by atoms with E-state index in [0.717, 1.165) is 6.92 Å². The van der Waals surface area contributed by atoms with Crippen molar-refractivity contribution in [2.75, 3.05) is 0 Å². The lowest BCUT2D eigenvalue weighted by Crippen LogP contribution is -2.72. The lowest BCUT2D eigenvalue weighted by Gasteiger charge is -2.44. The first-order valence-corrected chi connectivity index (χ1v) is 8.87. The summed E-state index contributed by atoms with van der Waals surface area (Å²) in [5.41, 5.74) is -3.24. The van der Waals surface area contributed by atoms with E-state index in [2.05, 4.69) is 5.32 Å². The second kappa shape index (κ2) is 7.94. The number of hydrogen-bond donors (Lipinski definition) is 3. The summed E-state index contributed by atoms with van der Waals surface area (Å²) in [6, 6.07) is 8.86. The smallest absolute Gasteiger partial charge is 0.437 e. The molecule has 2 aromatic carbocycles. The van der Waals surface area contributed by atoms with Gasteiger partial charge in [-0.15, -0.1) is 0 Å². The third-order valence-electron chi connectivity index (χ3n) is 4.84. The Morgan fingerprint density at radius 2 is 1.80 bits per heavy atom. The van der Waals surface area contributed by atoms with E-state index in [9.17, 15) is 32.3 Å². The number of alkyl halides is 3. The highest BCUT2D eigenvalue weighted by Gasteiger charge is 2.65. The molecule has 3 N–H and O–H groups in total. The number of urea groups is 1. The third kappa shape index (κ3) is 4.09. The van der Waals surface area contributed by atoms with E-state index >= 15 is 0 Å². The van der Waals surface area contributed by atoms with Crippen molar-refractivity contribution in [3.8, 4) is 5.75 Å². The van der Waals surface area contributed by atoms with Gasteiger partial charge in [0.15, 0.2) is 0 Å². The summed E-state index contributed by atoms with van der Waals surface area (Å²) in [4.78, 5) is 23.8. The molecule has 1 aliphatic rings. The Morgan fingerprint density at radius 1 is 1.17 bits per heavy atom. The predicted molar refractivity (Wildman–Crippen MR) is 96.8 cm³/mol. The summed E-state index contributed by atoms with van der Waals surface area (Å²) >= 11 is 0. The van der Waals surface area contributed by atoms with Crippen LogP contribution in [0.2, 0.25) is 0 Å². The highest BCUT2D eigenvalue weighted by Crippen LogP contribution is 2.43. The van der Waals surface area contributed by atoms with E-state index in [4.69, 9.17) is 4.74 Å². The number of rotatable bonds is 5. The van der Waals surface area contributed by atoms with Crippen LogP contribution in [0.25, 0.3) is 0 Å². The Labute approximate surface area is 168 Å². The molecule has 160 valence electrons. The van der Waals surface area contributed by atoms with Crippen molar-refractivity contribution in [3.63, 3.8) is 0 Å². The first kappa shape index (κ1) is 21.6. The van der Waals surface area contributed by atoms with Crippen molar-refractivity contribution in [3.05, 3.63) is 65.5 Å². The van der Waals surface area contributed by atoms with Gasteiger partial charge in [-0.2, -0.15) is 13.2 Å². The number of nitrogens with one attached hydrogen (secondary N) is 2. The topological polar surface area (TPSA) is 87.7 Å². The lowest BCUT2D eigenvalue weighted by atomic mass is 9.79. The minimum atomic E-state index is -5.28. The van der Waals surface area contributed by atoms with E-state index in [-0.39, 0.29) is 12.2 Å². The van der Waals surface area contributed by atoms with Gasteiger partial charge in [0.1, 0.15) is 24.0 Å². The monoisotopic (exact) mass is 426 g/mol. The van der Waals surface area contributed by atoms with Crippen LogP contribution in [0.4, 0.5) is 22.4 Å². The van der Waals surface area contributed by atoms with Crippen molar-refractivity contribution in [2.24, 2.45) is 5.92 Å². The molecule has 0 saturated carbocycles. The molecule has 3 unspecified atom stereocenters. The SMILES string of the molecule is CC(=O)C1C(c2ccc(OCc3ccccc3F)cc2)NC(=O)NC1(O)C(F)(F)F. The van der Waals surface area contributed by atoms with Crippen LogP contribution in [-0.4, -0.2) is 28.8 Å². The highest BCUT2D eigenvalue weighted by molar-refractivity contribution is 5.86. The molecular formula is C20H18F4N2O4. The molecule has 3 atom stereocenters. The molecule has 0 aromatic heterocycles. The van der Waals surface area contributed by atoms with Gasteiger partial charge in [0.05, 0.1) is 12.0 Å². The maximum absolute atomic E-state index is 13.7. The fourth-order valence-electron chi connectivity index (χ4n) is 3.35. The number of aliphatic hydroxyl groups is 1. The second-order valence-electron chi connectivity index (χ2n) is 6.88. The van der Waals surface area contributed by atoms with Gasteiger partial charge in [0.25, 0.3) is 0 Å². The maximum Gasteiger partial charge on any atom is 0.437 e. The Bertz CT molecular complexity index is 949. The van der Waals surface area contributed by atoms with Crippen LogP contribution >= 0.6 is 0 Å². The van der Waals surface area contributed by atoms with Gasteiger partial charge in [-0.25, -0.2) is 9.18 Å². The van der Waals surface area contributed by atoms with Crippen molar-refractivity contribution in [2.45, 2.75) is 31.5 Å². The quantitative estimate of drug-likeness (QED) is 0.641. The molecule has 30 heavy (non-hydrogen) atoms. The molecule has 1 saturated heterocycles. The van der Waals surface area contributed by atoms with Crippen LogP contribution < -0.4 is 15.4 Å². The first-order chi connectivity index (χ1) is 14.0. The Hall–Kier alpha value is -3.14. The lowest BCUT2D eigenvalue weighted by molar-refractivity contribution is -0.290. The average Bonchev–Trinajstić information content (AvgIpc) is 2.66. The number of hydrogen-bond acceptors (Lipinski definition) is 4. The zero-order valence-electron chi connectivity index (χ0n) is 15.7. The first-order valence-electron chi connectivity index (χ1n) is 8.87. The van der Waals surface area contributed by atoms with Crippen LogP contribution in [0.3, 0.4) is 0 Å². The second-order valence-corrected chi connectivity index (χ2v) is 6.88. The maximum atomic E-state index is 13.7. The zero-order valence-corrected chi connectivity index (χ0v) is 15.7. The Morgan fingerprint density at radius 3 is 2.37 bits per heavy atom. The van der Waals surface area contributed by atoms with E-state index in [1.165, 1.54) is 41.7 Å². The highest BCUT2D eigenvalue weighted by atomic mass is 19.4. The summed E-state index contributed by atoms with van der Waals surface area (Å²) < 4.78 is 59.5. The van der Waals surface area contributed by atoms with E-state index in [1.807, 2.05) is 0 Å². The number of carbonyl (C=O) groups is 2. The van der Waals surface area contributed by atoms with Crippen LogP contribution in [0.15, 0.2) is 48.5 Å². The molecule has 0 spiro atoms. The summed E-state index contributed by atoms with van der Waals surface area (Å²) in [5, 5.41) is 13.8. The number of ketones is 1. The molecule has 3 rings (SSSR count). The number of carbonyl (C=O) groups excluding carboxylic acids is 2. The summed E-state index contributed by atoms with van der Waals surface area (Å²) in [7, 11) is 0. The van der Waals surface area contributed by atoms with E-state index in [1.54, 1.807) is 12.1 Å². The van der Waals surface area contributed by atoms with Crippen molar-refractivity contribution in [1.82, 2.24) is 10.6 Å². The fourth-order valence-corrected chi connectivity index (χ4v) is 3.35. The Balaban J connectivity index is 1.84. The standard InChI is InChI=1S/C20H18F4N2O4/c1-11(27)16-17(25-18(28)26-19(16,29)20(22,23)24)12-6-8-14(9-7-12)30-10-13-4-2-3-5-15(13)21/h2-9,16-17,29H,10H2,1H3,(H2,25,26,28). The fraction of sp³-hybridized carbons (Fsp3) is 0.300. The van der Waals surface area contributed by atoms with Crippen LogP contribution in [-0.2, 0) is 11.4 Å². The molecule has 6 nitrogen and oxygen atoms in total. The third-order valence-corrected chi connectivity index (χ3v) is 4.84. The summed E-state index contributed by atoms with van der Waals surface area (Å²) in [6.07, 6.45) is -5.28. The zero-order chi connectivity index (χ0) is 22.1. The summed E-state index contributed by atoms with van der Waals surface area (Å²) in [5.74, 6) is -3.12. The average molecular weight is 426 g/mol. The van der Waals surface area contributed by atoms with Gasteiger partial charge in [0, 0.05) is 5.56 Å². The van der Waals surface area contributed by atoms with E-state index in [0.29, 0.717) is 11.3 Å². The normalized spacial score (nSPS) is 24.0. The van der Waals surface area contributed by atoms with Crippen molar-refractivity contribution in [1.29, 1.82) is 0 Å². The molecule has 2 aromatic rings. The van der Waals surface area contributed by atoms with Gasteiger partial charge in [-0.3, -0.25) is 4.79 Å². The molecule has 0 aliphatic carbocycles. The molecule has 10 heteroatoms. The van der Waals surface area contributed by atoms with Gasteiger partial charge in [-0.05, 0) is 30.7 Å². The van der Waals surface area contributed by atoms with Crippen LogP contribution in [0.1, 0.15) is 24.1 Å². The molecule has 1 aliphatic heterocycles. The molecule has 2 amide bonds. The van der Waals surface area contributed by atoms with E-state index < -0.39 is 41.5 Å². The molecule has 1 fully saturated rings. The molecule has 0 bridgehead atoms. The van der Waals surface area contributed by atoms with Crippen LogP contribution in [0.5, 0.6) is 5.75 Å². The number of benzene rings is 2. The van der Waals surface area contributed by atoms with Crippen molar-refractivity contribution < 1.29 is 37.0 Å². The number of halogens is 4. The summed E-state index contributed by atoms with van der Waals surface area (Å²) in [6.45, 7) is 0.833. The molecule has 0 radical (unpaired) electrons. The predicted octanol–water partition coefficient (Wildman–Crippen LogP) is 3.21.